The molecule has 30 heavy (non-hydrogen) atoms. The number of nitrogens with one attached hydrogen (secondary N) is 1. The Bertz CT molecular complexity index is 974. The lowest BCUT2D eigenvalue weighted by Crippen LogP contribution is -2.53. The quantitative estimate of drug-likeness (QED) is 0.465. The van der Waals surface area contributed by atoms with E-state index in [0.717, 1.165) is 23.4 Å². The van der Waals surface area contributed by atoms with Crippen molar-refractivity contribution in [1.82, 2.24) is 10.2 Å². The Kier molecular flexibility index (Phi) is 6.08. The number of hydrogen-bond donors (Lipinski definition) is 1. The number of nitrogens with zero attached hydrogens (tertiary/aromatic N) is 2. The first-order chi connectivity index (χ1) is 14.6. The van der Waals surface area contributed by atoms with E-state index in [0.29, 0.717) is 12.5 Å². The summed E-state index contributed by atoms with van der Waals surface area (Å²) in [7, 11) is 0. The molecule has 156 valence electrons. The predicted octanol–water partition coefficient (Wildman–Crippen LogP) is 3.17. The van der Waals surface area contributed by atoms with Gasteiger partial charge in [-0.2, -0.15) is 0 Å². The van der Waals surface area contributed by atoms with Crippen LogP contribution < -0.4 is 5.32 Å². The summed E-state index contributed by atoms with van der Waals surface area (Å²) in [4.78, 5) is 33.6. The van der Waals surface area contributed by atoms with E-state index in [1.165, 1.54) is 11.1 Å². The van der Waals surface area contributed by atoms with E-state index in [4.69, 9.17) is 9.73 Å². The zero-order valence-corrected chi connectivity index (χ0v) is 17.9. The number of benzene rings is 2. The van der Waals surface area contributed by atoms with Crippen LogP contribution in [-0.4, -0.2) is 42.1 Å². The average molecular weight is 424 g/mol. The molecule has 0 aliphatic carbocycles. The van der Waals surface area contributed by atoms with Gasteiger partial charge >= 0.3 is 5.97 Å². The number of fused-ring (bicyclic) bond motifs is 1. The van der Waals surface area contributed by atoms with Crippen molar-refractivity contribution in [3.05, 3.63) is 65.2 Å². The predicted molar refractivity (Wildman–Crippen MR) is 117 cm³/mol. The highest BCUT2D eigenvalue weighted by Crippen LogP contribution is 2.32. The number of ether oxygens (including phenoxy) is 1. The van der Waals surface area contributed by atoms with Crippen molar-refractivity contribution >= 4 is 29.6 Å². The Morgan fingerprint density at radius 2 is 1.93 bits per heavy atom. The summed E-state index contributed by atoms with van der Waals surface area (Å²) < 4.78 is 5.19. The molecule has 1 amide bonds. The van der Waals surface area contributed by atoms with Gasteiger partial charge in [-0.3, -0.25) is 14.9 Å². The van der Waals surface area contributed by atoms with Crippen LogP contribution in [0.4, 0.5) is 0 Å². The molecular formula is C23H25N3O3S. The van der Waals surface area contributed by atoms with Crippen LogP contribution in [0.3, 0.4) is 0 Å². The van der Waals surface area contributed by atoms with Crippen molar-refractivity contribution in [1.29, 1.82) is 0 Å². The Hall–Kier alpha value is -2.80. The van der Waals surface area contributed by atoms with Crippen molar-refractivity contribution in [2.75, 3.05) is 19.4 Å². The molecule has 1 N–H and O–H groups in total. The molecule has 0 bridgehead atoms. The third-order valence-electron chi connectivity index (χ3n) is 5.52. The molecule has 4 rings (SSSR count). The van der Waals surface area contributed by atoms with Gasteiger partial charge in [0.15, 0.2) is 5.92 Å². The summed E-state index contributed by atoms with van der Waals surface area (Å²) in [6.07, 6.45) is 2.90. The number of thioether (sulfide) groups is 1. The van der Waals surface area contributed by atoms with Gasteiger partial charge in [-0.1, -0.05) is 36.4 Å². The molecular weight excluding hydrogens is 398 g/mol. The van der Waals surface area contributed by atoms with Crippen LogP contribution in [0.2, 0.25) is 0 Å². The van der Waals surface area contributed by atoms with Crippen molar-refractivity contribution in [2.45, 2.75) is 30.8 Å². The molecule has 2 heterocycles. The molecule has 2 atom stereocenters. The molecule has 0 aromatic heterocycles. The van der Waals surface area contributed by atoms with Gasteiger partial charge in [-0.15, -0.1) is 11.8 Å². The molecule has 0 saturated heterocycles. The van der Waals surface area contributed by atoms with Crippen molar-refractivity contribution in [3.8, 4) is 0 Å². The summed E-state index contributed by atoms with van der Waals surface area (Å²) in [5.41, 5.74) is 3.38. The minimum Gasteiger partial charge on any atom is -0.465 e. The van der Waals surface area contributed by atoms with Crippen LogP contribution in [0, 0.1) is 5.92 Å². The first-order valence-corrected chi connectivity index (χ1v) is 11.3. The third kappa shape index (κ3) is 4.07. The largest absolute Gasteiger partial charge is 0.465 e. The molecule has 2 aromatic carbocycles. The normalized spacial score (nSPS) is 20.8. The minimum atomic E-state index is -0.995. The van der Waals surface area contributed by atoms with Gasteiger partial charge in [0, 0.05) is 18.0 Å². The van der Waals surface area contributed by atoms with Crippen molar-refractivity contribution in [3.63, 3.8) is 0 Å². The van der Waals surface area contributed by atoms with Crippen molar-refractivity contribution in [2.24, 2.45) is 10.9 Å². The number of aliphatic imine (C=N–C) groups is 1. The number of rotatable bonds is 4. The molecule has 7 heteroatoms. The fourth-order valence-corrected chi connectivity index (χ4v) is 4.35. The second-order valence-electron chi connectivity index (χ2n) is 7.33. The van der Waals surface area contributed by atoms with Gasteiger partial charge in [0.2, 0.25) is 11.9 Å². The van der Waals surface area contributed by atoms with Crippen molar-refractivity contribution < 1.29 is 14.3 Å². The van der Waals surface area contributed by atoms with Crippen LogP contribution in [0.25, 0.3) is 0 Å². The monoisotopic (exact) mass is 423 g/mol. The number of esters is 1. The highest BCUT2D eigenvalue weighted by molar-refractivity contribution is 7.98. The molecule has 0 spiro atoms. The number of carbonyl (C=O) groups excluding carboxylic acids is 2. The highest BCUT2D eigenvalue weighted by atomic mass is 32.2. The maximum absolute atomic E-state index is 13.0. The lowest BCUT2D eigenvalue weighted by Gasteiger charge is -2.36. The van der Waals surface area contributed by atoms with E-state index in [2.05, 4.69) is 22.3 Å². The van der Waals surface area contributed by atoms with E-state index in [1.54, 1.807) is 18.7 Å². The summed E-state index contributed by atoms with van der Waals surface area (Å²) in [6.45, 7) is 3.40. The lowest BCUT2D eigenvalue weighted by atomic mass is 9.91. The van der Waals surface area contributed by atoms with Crippen LogP contribution >= 0.6 is 11.8 Å². The Morgan fingerprint density at radius 3 is 2.63 bits per heavy atom. The second kappa shape index (κ2) is 8.92. The van der Waals surface area contributed by atoms with Gasteiger partial charge in [-0.05, 0) is 48.4 Å². The first kappa shape index (κ1) is 20.5. The van der Waals surface area contributed by atoms with Gasteiger partial charge in [-0.25, -0.2) is 4.99 Å². The zero-order valence-electron chi connectivity index (χ0n) is 17.1. The van der Waals surface area contributed by atoms with Gasteiger partial charge in [0.25, 0.3) is 0 Å². The number of carbonyl (C=O) groups is 2. The Morgan fingerprint density at radius 1 is 1.20 bits per heavy atom. The fraction of sp³-hybridized carbons (Fsp3) is 0.348. The van der Waals surface area contributed by atoms with Gasteiger partial charge in [0.05, 0.1) is 6.61 Å². The Balaban J connectivity index is 1.68. The smallest absolute Gasteiger partial charge is 0.321 e. The average Bonchev–Trinajstić information content (AvgIpc) is 2.78. The fourth-order valence-electron chi connectivity index (χ4n) is 3.94. The summed E-state index contributed by atoms with van der Waals surface area (Å²) in [5, 5.41) is 2.86. The summed E-state index contributed by atoms with van der Waals surface area (Å²) in [6, 6.07) is 15.6. The minimum absolute atomic E-state index is 0.222. The lowest BCUT2D eigenvalue weighted by molar-refractivity contribution is -0.153. The molecule has 2 aliphatic heterocycles. The van der Waals surface area contributed by atoms with E-state index in [-0.39, 0.29) is 12.5 Å². The van der Waals surface area contributed by atoms with E-state index in [1.807, 2.05) is 42.7 Å². The standard InChI is InChI=1S/C23H25N3O3S/c1-3-29-22(28)19-20(16-8-10-18(30-2)11-9-16)24-23(25-21(19)27)26-13-12-15-6-4-5-7-17(15)14-26/h4-11,19-20H,3,12-14H2,1-2H3,(H,24,25,27)/t19-,20-/m0/s1. The number of guanidine groups is 1. The number of hydrogen-bond acceptors (Lipinski definition) is 6. The van der Waals surface area contributed by atoms with Crippen LogP contribution in [0.15, 0.2) is 58.4 Å². The molecule has 6 nitrogen and oxygen atoms in total. The van der Waals surface area contributed by atoms with Crippen LogP contribution in [0.1, 0.15) is 29.7 Å². The maximum atomic E-state index is 13.0. The SMILES string of the molecule is CCOC(=O)[C@@H]1C(=O)NC(N2CCc3ccccc3C2)=N[C@H]1c1ccc(SC)cc1. The second-order valence-corrected chi connectivity index (χ2v) is 8.21. The Labute approximate surface area is 180 Å². The molecule has 0 unspecified atom stereocenters. The summed E-state index contributed by atoms with van der Waals surface area (Å²) in [5.74, 6) is -1.38. The molecule has 0 saturated carbocycles. The zero-order chi connectivity index (χ0) is 21.1. The van der Waals surface area contributed by atoms with Crippen LogP contribution in [-0.2, 0) is 27.3 Å². The van der Waals surface area contributed by atoms with E-state index in [9.17, 15) is 9.59 Å². The topological polar surface area (TPSA) is 71.0 Å². The van der Waals surface area contributed by atoms with E-state index < -0.39 is 17.9 Å². The third-order valence-corrected chi connectivity index (χ3v) is 6.27. The summed E-state index contributed by atoms with van der Waals surface area (Å²) >= 11 is 1.64. The molecule has 2 aliphatic rings. The number of amides is 1. The maximum Gasteiger partial charge on any atom is 0.321 e. The highest BCUT2D eigenvalue weighted by Gasteiger charge is 2.42. The van der Waals surface area contributed by atoms with Gasteiger partial charge < -0.3 is 9.64 Å². The molecule has 0 fully saturated rings. The first-order valence-electron chi connectivity index (χ1n) is 10.1. The van der Waals surface area contributed by atoms with E-state index >= 15 is 0 Å². The molecule has 0 radical (unpaired) electrons. The molecule has 2 aromatic rings. The van der Waals surface area contributed by atoms with Gasteiger partial charge in [0.1, 0.15) is 6.04 Å². The van der Waals surface area contributed by atoms with Crippen LogP contribution in [0.5, 0.6) is 0 Å².